The fourth-order valence-electron chi connectivity index (χ4n) is 4.57. The molecule has 0 radical (unpaired) electrons. The molecule has 0 unspecified atom stereocenters. The molecule has 1 aliphatic heterocycles. The van der Waals surface area contributed by atoms with Crippen molar-refractivity contribution in [2.24, 2.45) is 0 Å². The zero-order valence-corrected chi connectivity index (χ0v) is 24.7. The van der Waals surface area contributed by atoms with E-state index in [0.717, 1.165) is 5.69 Å². The minimum Gasteiger partial charge on any atom is -0.492 e. The molecule has 0 aliphatic carbocycles. The number of aromatic nitrogens is 3. The van der Waals surface area contributed by atoms with Gasteiger partial charge in [0, 0.05) is 49.4 Å². The molecule has 2 aromatic carbocycles. The lowest BCUT2D eigenvalue weighted by molar-refractivity contribution is 0.0240. The Morgan fingerprint density at radius 1 is 1.07 bits per heavy atom. The summed E-state index contributed by atoms with van der Waals surface area (Å²) in [5, 5.41) is 11.0. The summed E-state index contributed by atoms with van der Waals surface area (Å²) in [7, 11) is 0. The Bertz CT molecular complexity index is 1650. The van der Waals surface area contributed by atoms with Gasteiger partial charge in [-0.05, 0) is 52.0 Å². The number of pyridine rings is 1. The van der Waals surface area contributed by atoms with Crippen LogP contribution >= 0.6 is 11.6 Å². The lowest BCUT2D eigenvalue weighted by atomic mass is 10.2. The number of nitrogens with zero attached hydrogens (tertiary/aromatic N) is 4. The number of amides is 1. The van der Waals surface area contributed by atoms with Crippen molar-refractivity contribution in [3.05, 3.63) is 70.1 Å². The monoisotopic (exact) mass is 592 g/mol. The van der Waals surface area contributed by atoms with Gasteiger partial charge < -0.3 is 29.3 Å². The molecular formula is C30H33ClN6O5. The number of hydrogen-bond donors (Lipinski definition) is 2. The van der Waals surface area contributed by atoms with Gasteiger partial charge in [-0.15, -0.1) is 0 Å². The van der Waals surface area contributed by atoms with Crippen molar-refractivity contribution in [1.82, 2.24) is 20.1 Å². The molecule has 42 heavy (non-hydrogen) atoms. The lowest BCUT2D eigenvalue weighted by Crippen LogP contribution is -2.50. The number of H-pyrrole nitrogens is 1. The molecular weight excluding hydrogens is 560 g/mol. The summed E-state index contributed by atoms with van der Waals surface area (Å²) in [5.74, 6) is 1.53. The number of piperazine rings is 1. The van der Waals surface area contributed by atoms with Crippen molar-refractivity contribution in [3.8, 4) is 17.4 Å². The first kappa shape index (κ1) is 29.0. The number of ether oxygens (including phenoxy) is 3. The molecule has 1 aliphatic rings. The van der Waals surface area contributed by atoms with Crippen molar-refractivity contribution < 1.29 is 19.0 Å². The van der Waals surface area contributed by atoms with E-state index >= 15 is 0 Å². The number of aromatic amines is 1. The molecule has 5 rings (SSSR count). The Balaban J connectivity index is 1.41. The first-order chi connectivity index (χ1) is 20.1. The number of anilines is 3. The largest absolute Gasteiger partial charge is 0.492 e. The summed E-state index contributed by atoms with van der Waals surface area (Å²) in [5.41, 5.74) is 0.631. The number of rotatable bonds is 7. The molecule has 1 saturated heterocycles. The molecule has 3 heterocycles. The molecule has 4 aromatic rings. The molecule has 2 N–H and O–H groups in total. The Kier molecular flexibility index (Phi) is 8.39. The van der Waals surface area contributed by atoms with Crippen molar-refractivity contribution in [2.45, 2.75) is 33.3 Å². The highest BCUT2D eigenvalue weighted by Gasteiger charge is 2.26. The van der Waals surface area contributed by atoms with Crippen LogP contribution in [0.25, 0.3) is 10.8 Å². The van der Waals surface area contributed by atoms with E-state index in [2.05, 4.69) is 25.4 Å². The number of hydrogen-bond acceptors (Lipinski definition) is 9. The van der Waals surface area contributed by atoms with Gasteiger partial charge in [0.1, 0.15) is 22.9 Å². The van der Waals surface area contributed by atoms with E-state index in [1.165, 1.54) is 6.20 Å². The van der Waals surface area contributed by atoms with Gasteiger partial charge in [-0.3, -0.25) is 4.79 Å². The molecule has 1 fully saturated rings. The highest BCUT2D eigenvalue weighted by molar-refractivity contribution is 6.32. The Hall–Kier alpha value is -4.51. The second-order valence-electron chi connectivity index (χ2n) is 10.7. The normalized spacial score (nSPS) is 13.6. The maximum absolute atomic E-state index is 12.8. The number of carbonyl (C=O) groups is 1. The summed E-state index contributed by atoms with van der Waals surface area (Å²) in [6.07, 6.45) is 1.23. The number of nitrogens with one attached hydrogen (secondary N) is 2. The average molecular weight is 593 g/mol. The maximum Gasteiger partial charge on any atom is 0.410 e. The van der Waals surface area contributed by atoms with Gasteiger partial charge in [0.25, 0.3) is 5.56 Å². The molecule has 0 atom stereocenters. The Morgan fingerprint density at radius 3 is 2.55 bits per heavy atom. The lowest BCUT2D eigenvalue weighted by Gasteiger charge is -2.37. The van der Waals surface area contributed by atoms with Crippen LogP contribution in [0.15, 0.2) is 59.5 Å². The van der Waals surface area contributed by atoms with Gasteiger partial charge in [0.15, 0.2) is 0 Å². The molecule has 1 amide bonds. The maximum atomic E-state index is 12.8. The number of halogens is 1. The molecule has 12 heteroatoms. The van der Waals surface area contributed by atoms with E-state index in [1.54, 1.807) is 35.2 Å². The SMILES string of the molecule is CCOc1cc(N2CCN(C(=O)OC(C)(C)C)CC2)ccc1Nc1nc(Oc2ccccc2Cl)cc2cn[nH]c(=O)c12. The number of fused-ring (bicyclic) bond motifs is 1. The van der Waals surface area contributed by atoms with Crippen LogP contribution in [0.3, 0.4) is 0 Å². The second-order valence-corrected chi connectivity index (χ2v) is 11.1. The van der Waals surface area contributed by atoms with Gasteiger partial charge in [-0.1, -0.05) is 23.7 Å². The van der Waals surface area contributed by atoms with Crippen LogP contribution in [0.2, 0.25) is 5.02 Å². The molecule has 0 bridgehead atoms. The quantitative estimate of drug-likeness (QED) is 0.267. The van der Waals surface area contributed by atoms with Crippen LogP contribution in [0.5, 0.6) is 17.4 Å². The average Bonchev–Trinajstić information content (AvgIpc) is 2.94. The first-order valence-corrected chi connectivity index (χ1v) is 14.1. The summed E-state index contributed by atoms with van der Waals surface area (Å²) >= 11 is 6.29. The van der Waals surface area contributed by atoms with Crippen molar-refractivity contribution >= 4 is 45.7 Å². The number of carbonyl (C=O) groups excluding carboxylic acids is 1. The van der Waals surface area contributed by atoms with E-state index in [-0.39, 0.29) is 17.8 Å². The Morgan fingerprint density at radius 2 is 1.83 bits per heavy atom. The smallest absolute Gasteiger partial charge is 0.410 e. The molecule has 11 nitrogen and oxygen atoms in total. The zero-order chi connectivity index (χ0) is 29.9. The zero-order valence-electron chi connectivity index (χ0n) is 23.9. The molecule has 2 aromatic heterocycles. The predicted molar refractivity (Wildman–Crippen MR) is 163 cm³/mol. The van der Waals surface area contributed by atoms with Gasteiger partial charge in [-0.2, -0.15) is 10.1 Å². The third-order valence-corrected chi connectivity index (χ3v) is 6.80. The highest BCUT2D eigenvalue weighted by Crippen LogP contribution is 2.36. The summed E-state index contributed by atoms with van der Waals surface area (Å²) in [6, 6.07) is 14.5. The molecule has 220 valence electrons. The standard InChI is InChI=1S/C30H33ClN6O5/c1-5-40-24-17-20(36-12-14-37(15-13-36)29(39)42-30(2,3)4)10-11-22(24)33-27-26-19(18-32-35-28(26)38)16-25(34-27)41-23-9-7-6-8-21(23)31/h6-11,16-18H,5,12-15H2,1-4H3,(H,33,34)(H,35,38). The van der Waals surface area contributed by atoms with Crippen molar-refractivity contribution in [1.29, 1.82) is 0 Å². The van der Waals surface area contributed by atoms with Crippen LogP contribution in [-0.2, 0) is 4.74 Å². The third kappa shape index (κ3) is 6.68. The van der Waals surface area contributed by atoms with Crippen LogP contribution in [-0.4, -0.2) is 64.6 Å². The first-order valence-electron chi connectivity index (χ1n) is 13.7. The van der Waals surface area contributed by atoms with E-state index < -0.39 is 11.2 Å². The van der Waals surface area contributed by atoms with Crippen molar-refractivity contribution in [2.75, 3.05) is 43.0 Å². The summed E-state index contributed by atoms with van der Waals surface area (Å²) < 4.78 is 17.5. The van der Waals surface area contributed by atoms with Gasteiger partial charge in [0.2, 0.25) is 5.88 Å². The van der Waals surface area contributed by atoms with E-state index in [0.29, 0.717) is 65.8 Å². The topological polar surface area (TPSA) is 122 Å². The van der Waals surface area contributed by atoms with Gasteiger partial charge in [0.05, 0.1) is 28.9 Å². The predicted octanol–water partition coefficient (Wildman–Crippen LogP) is 5.96. The van der Waals surface area contributed by atoms with Gasteiger partial charge in [-0.25, -0.2) is 9.89 Å². The van der Waals surface area contributed by atoms with Crippen LogP contribution < -0.4 is 25.2 Å². The number of benzene rings is 2. The van der Waals surface area contributed by atoms with Gasteiger partial charge >= 0.3 is 6.09 Å². The van der Waals surface area contributed by atoms with Crippen LogP contribution in [0.4, 0.5) is 22.0 Å². The van der Waals surface area contributed by atoms with Crippen LogP contribution in [0, 0.1) is 0 Å². The fraction of sp³-hybridized carbons (Fsp3) is 0.333. The third-order valence-electron chi connectivity index (χ3n) is 6.49. The number of para-hydroxylation sites is 1. The molecule has 0 saturated carbocycles. The van der Waals surface area contributed by atoms with E-state index in [4.69, 9.17) is 25.8 Å². The summed E-state index contributed by atoms with van der Waals surface area (Å²) in [6.45, 7) is 10.3. The fourth-order valence-corrected chi connectivity index (χ4v) is 4.74. The Labute approximate surface area is 248 Å². The van der Waals surface area contributed by atoms with E-state index in [9.17, 15) is 9.59 Å². The summed E-state index contributed by atoms with van der Waals surface area (Å²) in [4.78, 5) is 33.8. The minimum absolute atomic E-state index is 0.239. The second kappa shape index (κ2) is 12.2. The van der Waals surface area contributed by atoms with Crippen molar-refractivity contribution in [3.63, 3.8) is 0 Å². The highest BCUT2D eigenvalue weighted by atomic mass is 35.5. The minimum atomic E-state index is -0.536. The van der Waals surface area contributed by atoms with Crippen LogP contribution in [0.1, 0.15) is 27.7 Å². The van der Waals surface area contributed by atoms with E-state index in [1.807, 2.05) is 45.9 Å². The molecule has 0 spiro atoms.